The maximum Gasteiger partial charge on any atom is 0.250 e. The Balaban J connectivity index is 2.54. The van der Waals surface area contributed by atoms with E-state index in [4.69, 9.17) is 5.11 Å². The highest BCUT2D eigenvalue weighted by Gasteiger charge is 2.16. The van der Waals surface area contributed by atoms with Crippen LogP contribution in [0.5, 0.6) is 0 Å². The molecule has 1 atom stereocenters. The molecule has 1 aromatic rings. The quantitative estimate of drug-likeness (QED) is 0.782. The van der Waals surface area contributed by atoms with Crippen molar-refractivity contribution in [2.75, 3.05) is 13.2 Å². The van der Waals surface area contributed by atoms with Crippen LogP contribution in [0.4, 0.5) is 0 Å². The molecule has 0 aliphatic carbocycles. The summed E-state index contributed by atoms with van der Waals surface area (Å²) >= 11 is 1.20. The van der Waals surface area contributed by atoms with Crippen LogP contribution < -0.4 is 4.72 Å². The summed E-state index contributed by atoms with van der Waals surface area (Å²) in [5.41, 5.74) is 0. The van der Waals surface area contributed by atoms with Crippen LogP contribution in [-0.2, 0) is 10.0 Å². The van der Waals surface area contributed by atoms with Gasteiger partial charge in [-0.25, -0.2) is 13.1 Å². The van der Waals surface area contributed by atoms with Crippen LogP contribution in [0.2, 0.25) is 0 Å². The van der Waals surface area contributed by atoms with E-state index in [9.17, 15) is 8.42 Å². The van der Waals surface area contributed by atoms with Crippen molar-refractivity contribution in [1.29, 1.82) is 0 Å². The van der Waals surface area contributed by atoms with Gasteiger partial charge < -0.3 is 5.11 Å². The number of thiophene rings is 1. The second-order valence-electron chi connectivity index (χ2n) is 3.57. The molecule has 0 aliphatic heterocycles. The van der Waals surface area contributed by atoms with Gasteiger partial charge in [0.1, 0.15) is 4.21 Å². The molecule has 4 nitrogen and oxygen atoms in total. The minimum Gasteiger partial charge on any atom is -0.396 e. The zero-order chi connectivity index (χ0) is 12.0. The van der Waals surface area contributed by atoms with Crippen LogP contribution in [-0.4, -0.2) is 26.7 Å². The molecule has 2 N–H and O–H groups in total. The Kier molecular flexibility index (Phi) is 5.40. The number of rotatable bonds is 7. The van der Waals surface area contributed by atoms with Crippen molar-refractivity contribution in [1.82, 2.24) is 4.72 Å². The molecule has 0 radical (unpaired) electrons. The lowest BCUT2D eigenvalue weighted by Gasteiger charge is -2.13. The van der Waals surface area contributed by atoms with E-state index >= 15 is 0 Å². The van der Waals surface area contributed by atoms with Crippen LogP contribution in [0.15, 0.2) is 21.7 Å². The zero-order valence-electron chi connectivity index (χ0n) is 9.22. The highest BCUT2D eigenvalue weighted by Crippen LogP contribution is 2.16. The van der Waals surface area contributed by atoms with Crippen LogP contribution in [0.25, 0.3) is 0 Å². The standard InChI is InChI=1S/C10H17NO3S2/c1-2-9(5-6-12)8-11-16(13,14)10-4-3-7-15-10/h3-4,7,9,11-12H,2,5-6,8H2,1H3. The van der Waals surface area contributed by atoms with Gasteiger partial charge in [0.25, 0.3) is 0 Å². The Bertz CT molecular complexity index is 386. The first-order chi connectivity index (χ1) is 7.60. The summed E-state index contributed by atoms with van der Waals surface area (Å²) in [6.07, 6.45) is 1.48. The van der Waals surface area contributed by atoms with E-state index in [0.29, 0.717) is 17.2 Å². The molecule has 0 amide bonds. The SMILES string of the molecule is CCC(CCO)CNS(=O)(=O)c1cccs1. The van der Waals surface area contributed by atoms with E-state index in [1.165, 1.54) is 11.3 Å². The second kappa shape index (κ2) is 6.34. The van der Waals surface area contributed by atoms with Gasteiger partial charge in [0, 0.05) is 13.2 Å². The lowest BCUT2D eigenvalue weighted by molar-refractivity contribution is 0.254. The molecule has 6 heteroatoms. The van der Waals surface area contributed by atoms with E-state index in [1.54, 1.807) is 17.5 Å². The molecular weight excluding hydrogens is 246 g/mol. The summed E-state index contributed by atoms with van der Waals surface area (Å²) in [5.74, 6) is 0.194. The molecule has 1 aromatic heterocycles. The summed E-state index contributed by atoms with van der Waals surface area (Å²) < 4.78 is 26.4. The number of nitrogens with one attached hydrogen (secondary N) is 1. The minimum atomic E-state index is -3.35. The third kappa shape index (κ3) is 3.86. The molecule has 1 unspecified atom stereocenters. The van der Waals surface area contributed by atoms with Gasteiger partial charge in [-0.2, -0.15) is 0 Å². The predicted molar refractivity (Wildman–Crippen MR) is 65.0 cm³/mol. The highest BCUT2D eigenvalue weighted by molar-refractivity contribution is 7.91. The van der Waals surface area contributed by atoms with E-state index in [0.717, 1.165) is 6.42 Å². The smallest absolute Gasteiger partial charge is 0.250 e. The third-order valence-corrected chi connectivity index (χ3v) is 5.26. The van der Waals surface area contributed by atoms with E-state index in [2.05, 4.69) is 4.72 Å². The van der Waals surface area contributed by atoms with Gasteiger partial charge in [-0.05, 0) is 23.8 Å². The van der Waals surface area contributed by atoms with Gasteiger partial charge in [-0.1, -0.05) is 19.4 Å². The summed E-state index contributed by atoms with van der Waals surface area (Å²) in [5, 5.41) is 10.5. The molecule has 0 saturated carbocycles. The summed E-state index contributed by atoms with van der Waals surface area (Å²) in [7, 11) is -3.35. The van der Waals surface area contributed by atoms with E-state index in [-0.39, 0.29) is 12.5 Å². The number of sulfonamides is 1. The first kappa shape index (κ1) is 13.6. The second-order valence-corrected chi connectivity index (χ2v) is 6.51. The number of aliphatic hydroxyl groups is 1. The minimum absolute atomic E-state index is 0.0965. The molecule has 0 fully saturated rings. The third-order valence-electron chi connectivity index (χ3n) is 2.44. The Hall–Kier alpha value is -0.430. The molecule has 16 heavy (non-hydrogen) atoms. The average molecular weight is 263 g/mol. The summed E-state index contributed by atoms with van der Waals surface area (Å²) in [4.78, 5) is 0. The number of hydrogen-bond acceptors (Lipinski definition) is 4. The van der Waals surface area contributed by atoms with Crippen LogP contribution in [0.3, 0.4) is 0 Å². The van der Waals surface area contributed by atoms with Gasteiger partial charge in [0.15, 0.2) is 0 Å². The molecule has 0 aromatic carbocycles. The fraction of sp³-hybridized carbons (Fsp3) is 0.600. The molecule has 0 bridgehead atoms. The summed E-state index contributed by atoms with van der Waals surface area (Å²) in [6, 6.07) is 3.30. The monoisotopic (exact) mass is 263 g/mol. The van der Waals surface area contributed by atoms with Crippen molar-refractivity contribution in [3.63, 3.8) is 0 Å². The maximum atomic E-state index is 11.8. The highest BCUT2D eigenvalue weighted by atomic mass is 32.2. The van der Waals surface area contributed by atoms with Crippen molar-refractivity contribution in [3.8, 4) is 0 Å². The largest absolute Gasteiger partial charge is 0.396 e. The number of hydrogen-bond donors (Lipinski definition) is 2. The lowest BCUT2D eigenvalue weighted by Crippen LogP contribution is -2.29. The molecular formula is C10H17NO3S2. The first-order valence-corrected chi connectivity index (χ1v) is 7.60. The normalized spacial score (nSPS) is 13.9. The Labute approximate surface area is 100 Å². The Morgan fingerprint density at radius 3 is 2.81 bits per heavy atom. The van der Waals surface area contributed by atoms with E-state index < -0.39 is 10.0 Å². The fourth-order valence-electron chi connectivity index (χ4n) is 1.35. The molecule has 0 spiro atoms. The van der Waals surface area contributed by atoms with Crippen LogP contribution in [0.1, 0.15) is 19.8 Å². The van der Waals surface area contributed by atoms with Gasteiger partial charge >= 0.3 is 0 Å². The molecule has 1 rings (SSSR count). The van der Waals surface area contributed by atoms with Crippen LogP contribution >= 0.6 is 11.3 Å². The molecule has 92 valence electrons. The topological polar surface area (TPSA) is 66.4 Å². The molecule has 1 heterocycles. The van der Waals surface area contributed by atoms with Gasteiger partial charge in [-0.3, -0.25) is 0 Å². The van der Waals surface area contributed by atoms with Gasteiger partial charge in [-0.15, -0.1) is 11.3 Å². The first-order valence-electron chi connectivity index (χ1n) is 5.24. The Morgan fingerprint density at radius 2 is 2.31 bits per heavy atom. The van der Waals surface area contributed by atoms with E-state index in [1.807, 2.05) is 6.92 Å². The van der Waals surface area contributed by atoms with Crippen molar-refractivity contribution in [3.05, 3.63) is 17.5 Å². The van der Waals surface area contributed by atoms with Crippen molar-refractivity contribution >= 4 is 21.4 Å². The molecule has 0 aliphatic rings. The fourth-order valence-corrected chi connectivity index (χ4v) is 3.50. The zero-order valence-corrected chi connectivity index (χ0v) is 10.9. The average Bonchev–Trinajstić information content (AvgIpc) is 2.78. The number of aliphatic hydroxyl groups excluding tert-OH is 1. The van der Waals surface area contributed by atoms with Crippen LogP contribution in [0, 0.1) is 5.92 Å². The van der Waals surface area contributed by atoms with Gasteiger partial charge in [0.05, 0.1) is 0 Å². The summed E-state index contributed by atoms with van der Waals surface area (Å²) in [6.45, 7) is 2.47. The maximum absolute atomic E-state index is 11.8. The lowest BCUT2D eigenvalue weighted by atomic mass is 10.0. The molecule has 0 saturated heterocycles. The van der Waals surface area contributed by atoms with Crippen molar-refractivity contribution in [2.24, 2.45) is 5.92 Å². The van der Waals surface area contributed by atoms with Gasteiger partial charge in [0.2, 0.25) is 10.0 Å². The Morgan fingerprint density at radius 1 is 1.56 bits per heavy atom. The van der Waals surface area contributed by atoms with Crippen molar-refractivity contribution in [2.45, 2.75) is 24.0 Å². The predicted octanol–water partition coefficient (Wildman–Crippen LogP) is 1.44. The van der Waals surface area contributed by atoms with Crippen molar-refractivity contribution < 1.29 is 13.5 Å².